The summed E-state index contributed by atoms with van der Waals surface area (Å²) in [6, 6.07) is 0.925. The molecular formula is C20H24F2N7O11P2+. The van der Waals surface area contributed by atoms with Crippen molar-refractivity contribution in [3.8, 4) is 0 Å². The van der Waals surface area contributed by atoms with E-state index in [9.17, 15) is 28.0 Å². The van der Waals surface area contributed by atoms with E-state index in [4.69, 9.17) is 28.8 Å². The highest BCUT2D eigenvalue weighted by atomic mass is 31.2. The highest BCUT2D eigenvalue weighted by Crippen LogP contribution is 2.50. The van der Waals surface area contributed by atoms with E-state index >= 15 is 4.39 Å². The highest BCUT2D eigenvalue weighted by molar-refractivity contribution is 7.47. The number of alkyl halides is 2. The van der Waals surface area contributed by atoms with E-state index < -0.39 is 83.7 Å². The zero-order valence-electron chi connectivity index (χ0n) is 21.5. The second-order valence-corrected chi connectivity index (χ2v) is 11.5. The highest BCUT2D eigenvalue weighted by Gasteiger charge is 2.52. The predicted octanol–water partition coefficient (Wildman–Crippen LogP) is 0.642. The molecule has 2 unspecified atom stereocenters. The number of phosphoric ester groups is 1. The molecule has 0 amide bonds. The number of halogens is 2. The second kappa shape index (κ2) is 12.3. The van der Waals surface area contributed by atoms with Gasteiger partial charge in [-0.1, -0.05) is 0 Å². The lowest BCUT2D eigenvalue weighted by Crippen LogP contribution is -2.37. The Morgan fingerprint density at radius 3 is 2.74 bits per heavy atom. The average Bonchev–Trinajstić information content (AvgIpc) is 3.62. The summed E-state index contributed by atoms with van der Waals surface area (Å²) < 4.78 is 87.1. The van der Waals surface area contributed by atoms with Crippen LogP contribution in [0.4, 0.5) is 14.6 Å². The van der Waals surface area contributed by atoms with Gasteiger partial charge in [0.2, 0.25) is 0 Å². The molecule has 0 spiro atoms. The lowest BCUT2D eigenvalue weighted by atomic mass is 10.1. The fourth-order valence-corrected chi connectivity index (χ4v) is 5.72. The molecule has 5 heterocycles. The Bertz CT molecular complexity index is 1620. The molecule has 2 aliphatic rings. The summed E-state index contributed by atoms with van der Waals surface area (Å²) >= 11 is 0. The molecule has 18 nitrogen and oxygen atoms in total. The summed E-state index contributed by atoms with van der Waals surface area (Å²) in [6.45, 7) is -1.44. The molecule has 22 heteroatoms. The Balaban J connectivity index is 1.28. The van der Waals surface area contributed by atoms with Gasteiger partial charge in [0, 0.05) is 23.2 Å². The van der Waals surface area contributed by atoms with Crippen molar-refractivity contribution >= 4 is 33.1 Å². The standard InChI is InChI=1S/C20H23F2N7O11P2/c1-35-41(32)36-5-11-14(22)16(19(39-11)28-3-2-12(30)27-20(28)31)40-42(33,34)37-6-10-9(21)4-13(38-10)29-8-26-15-17(23)24-7-25-18(15)29/h2-3,7-11,13-14,16,19H,4-6H2,1H3,(H3-,23,24,25,27,30,31,33,34)/p+1/t9-,10+,11+,13+,14+,16+,19+/m0/s1. The Kier molecular flexibility index (Phi) is 8.89. The van der Waals surface area contributed by atoms with E-state index in [0.717, 1.165) is 19.4 Å². The van der Waals surface area contributed by atoms with Crippen molar-refractivity contribution in [2.75, 3.05) is 26.1 Å². The Labute approximate surface area is 234 Å². The van der Waals surface area contributed by atoms with Crippen molar-refractivity contribution in [2.45, 2.75) is 49.5 Å². The molecule has 2 saturated heterocycles. The summed E-state index contributed by atoms with van der Waals surface area (Å²) in [5, 5.41) is 0. The minimum atomic E-state index is -5.17. The normalized spacial score (nSPS) is 29.6. The van der Waals surface area contributed by atoms with Gasteiger partial charge < -0.3 is 20.1 Å². The molecule has 0 aliphatic carbocycles. The number of rotatable bonds is 11. The van der Waals surface area contributed by atoms with Crippen LogP contribution in [0.5, 0.6) is 0 Å². The van der Waals surface area contributed by atoms with E-state index in [1.165, 1.54) is 17.2 Å². The number of hydrogen-bond acceptors (Lipinski definition) is 14. The summed E-state index contributed by atoms with van der Waals surface area (Å²) in [5.74, 6) is 0.109. The van der Waals surface area contributed by atoms with Gasteiger partial charge in [-0.15, -0.1) is 9.05 Å². The maximum absolute atomic E-state index is 15.4. The smallest absolute Gasteiger partial charge is 0.382 e. The molecular weight excluding hydrogens is 614 g/mol. The quantitative estimate of drug-likeness (QED) is 0.245. The fraction of sp³-hybridized carbons (Fsp3) is 0.550. The van der Waals surface area contributed by atoms with Crippen LogP contribution >= 0.6 is 16.1 Å². The Hall–Kier alpha value is -3.06. The van der Waals surface area contributed by atoms with Crippen molar-refractivity contribution in [3.63, 3.8) is 0 Å². The van der Waals surface area contributed by atoms with Crippen molar-refractivity contribution in [1.29, 1.82) is 0 Å². The lowest BCUT2D eigenvalue weighted by molar-refractivity contribution is -0.0575. The number of anilines is 1. The first-order chi connectivity index (χ1) is 20.0. The number of nitrogen functional groups attached to an aromatic ring is 1. The third-order valence-electron chi connectivity index (χ3n) is 6.40. The monoisotopic (exact) mass is 638 g/mol. The maximum atomic E-state index is 15.4. The second-order valence-electron chi connectivity index (χ2n) is 9.03. The molecule has 0 saturated carbocycles. The number of aromatic amines is 1. The summed E-state index contributed by atoms with van der Waals surface area (Å²) in [7, 11) is -6.72. The number of nitrogens with zero attached hydrogens (tertiary/aromatic N) is 5. The third kappa shape index (κ3) is 6.31. The van der Waals surface area contributed by atoms with Crippen molar-refractivity contribution < 1.29 is 50.4 Å². The lowest BCUT2D eigenvalue weighted by Gasteiger charge is -2.24. The van der Waals surface area contributed by atoms with Gasteiger partial charge in [-0.3, -0.25) is 28.0 Å². The minimum Gasteiger partial charge on any atom is -0.382 e. The molecule has 0 bridgehead atoms. The first-order valence-corrected chi connectivity index (χ1v) is 14.7. The Morgan fingerprint density at radius 1 is 1.21 bits per heavy atom. The first-order valence-electron chi connectivity index (χ1n) is 12.1. The van der Waals surface area contributed by atoms with Crippen molar-refractivity contribution in [1.82, 2.24) is 29.1 Å². The average molecular weight is 638 g/mol. The number of nitrogens with two attached hydrogens (primary N) is 1. The molecule has 0 aromatic carbocycles. The molecule has 3 aromatic heterocycles. The SMILES string of the molecule is CO[P+](=O)OC[C@H]1O[C@@H](n2ccc(=O)[nH]c2=O)[C@H](OP(=O)(O)OC[C@H]2O[C@@H](n3cnc4c(N)ncnc43)C[C@@H]2F)[C@@H]1F. The van der Waals surface area contributed by atoms with Crippen LogP contribution < -0.4 is 17.0 Å². The molecule has 4 N–H and O–H groups in total. The van der Waals surface area contributed by atoms with Gasteiger partial charge >= 0.3 is 21.8 Å². The molecule has 42 heavy (non-hydrogen) atoms. The molecule has 2 fully saturated rings. The molecule has 0 radical (unpaired) electrons. The van der Waals surface area contributed by atoms with Gasteiger partial charge in [-0.05, 0) is 0 Å². The Morgan fingerprint density at radius 2 is 2.00 bits per heavy atom. The van der Waals surface area contributed by atoms with E-state index in [-0.39, 0.29) is 23.4 Å². The number of ether oxygens (including phenoxy) is 2. The number of H-pyrrole nitrogens is 1. The molecule has 2 aliphatic heterocycles. The number of hydrogen-bond donors (Lipinski definition) is 3. The van der Waals surface area contributed by atoms with Gasteiger partial charge in [-0.25, -0.2) is 33.1 Å². The van der Waals surface area contributed by atoms with Gasteiger partial charge in [0.15, 0.2) is 23.9 Å². The van der Waals surface area contributed by atoms with Gasteiger partial charge in [0.25, 0.3) is 5.56 Å². The van der Waals surface area contributed by atoms with Crippen LogP contribution in [0.1, 0.15) is 18.9 Å². The maximum Gasteiger partial charge on any atom is 0.697 e. The van der Waals surface area contributed by atoms with Crippen LogP contribution in [0.25, 0.3) is 11.2 Å². The number of phosphoric acid groups is 1. The van der Waals surface area contributed by atoms with E-state index in [1.807, 2.05) is 4.98 Å². The fourth-order valence-electron chi connectivity index (χ4n) is 4.42. The number of nitrogens with one attached hydrogen (secondary N) is 1. The minimum absolute atomic E-state index is 0.109. The van der Waals surface area contributed by atoms with Crippen molar-refractivity contribution in [2.24, 2.45) is 0 Å². The number of imidazole rings is 1. The van der Waals surface area contributed by atoms with Crippen LogP contribution in [0.15, 0.2) is 34.5 Å². The van der Waals surface area contributed by atoms with Crippen LogP contribution in [0.3, 0.4) is 0 Å². The van der Waals surface area contributed by atoms with Crippen LogP contribution in [0, 0.1) is 0 Å². The van der Waals surface area contributed by atoms with E-state index in [2.05, 4.69) is 19.5 Å². The van der Waals surface area contributed by atoms with Crippen molar-refractivity contribution in [3.05, 3.63) is 45.8 Å². The van der Waals surface area contributed by atoms with Crippen LogP contribution in [0.2, 0.25) is 0 Å². The zero-order valence-corrected chi connectivity index (χ0v) is 23.3. The summed E-state index contributed by atoms with van der Waals surface area (Å²) in [5.41, 5.74) is 4.51. The molecule has 3 aromatic rings. The zero-order chi connectivity index (χ0) is 30.2. The predicted molar refractivity (Wildman–Crippen MR) is 135 cm³/mol. The molecule has 5 rings (SSSR count). The largest absolute Gasteiger partial charge is 0.697 e. The summed E-state index contributed by atoms with van der Waals surface area (Å²) in [6.07, 6.45) is -8.08. The van der Waals surface area contributed by atoms with E-state index in [1.54, 1.807) is 0 Å². The van der Waals surface area contributed by atoms with Gasteiger partial charge in [0.05, 0.1) is 20.0 Å². The summed E-state index contributed by atoms with van der Waals surface area (Å²) in [4.78, 5) is 48.1. The number of aromatic nitrogens is 6. The number of fused-ring (bicyclic) bond motifs is 1. The van der Waals surface area contributed by atoms with Crippen LogP contribution in [-0.2, 0) is 36.7 Å². The first kappa shape index (κ1) is 30.4. The van der Waals surface area contributed by atoms with Gasteiger partial charge in [0.1, 0.15) is 49.2 Å². The van der Waals surface area contributed by atoms with Gasteiger partial charge in [-0.2, -0.15) is 0 Å². The molecule has 9 atom stereocenters. The third-order valence-corrected chi connectivity index (χ3v) is 8.04. The van der Waals surface area contributed by atoms with E-state index in [0.29, 0.717) is 4.57 Å². The van der Waals surface area contributed by atoms with Crippen LogP contribution in [-0.4, -0.2) is 84.9 Å². The molecule has 228 valence electrons. The topological polar surface area (TPSA) is 234 Å².